The highest BCUT2D eigenvalue weighted by molar-refractivity contribution is 5.95. The molecule has 0 unspecified atom stereocenters. The minimum absolute atomic E-state index is 0.233. The van der Waals surface area contributed by atoms with Gasteiger partial charge < -0.3 is 10.6 Å². The van der Waals surface area contributed by atoms with Crippen molar-refractivity contribution >= 4 is 5.91 Å². The van der Waals surface area contributed by atoms with Gasteiger partial charge in [-0.2, -0.15) is 0 Å². The summed E-state index contributed by atoms with van der Waals surface area (Å²) >= 11 is 0. The molecule has 17 heavy (non-hydrogen) atoms. The number of halogens is 2. The molecule has 1 amide bonds. The number of rotatable bonds is 2. The van der Waals surface area contributed by atoms with Gasteiger partial charge in [-0.05, 0) is 24.6 Å². The highest BCUT2D eigenvalue weighted by Crippen LogP contribution is 2.24. The molecular weight excluding hydrogens is 226 g/mol. The van der Waals surface area contributed by atoms with E-state index < -0.39 is 17.5 Å². The SMILES string of the molecule is CCC1(N)CN(C(=O)c2cc(F)ccc2F)C1. The normalized spacial score (nSPS) is 17.8. The molecule has 1 aliphatic heterocycles. The van der Waals surface area contributed by atoms with Crippen LogP contribution in [0, 0.1) is 11.6 Å². The van der Waals surface area contributed by atoms with E-state index in [1.807, 2.05) is 6.92 Å². The molecule has 0 aromatic heterocycles. The van der Waals surface area contributed by atoms with Gasteiger partial charge in [0.1, 0.15) is 11.6 Å². The molecule has 5 heteroatoms. The third-order valence-corrected chi connectivity index (χ3v) is 3.16. The van der Waals surface area contributed by atoms with Crippen LogP contribution in [0.1, 0.15) is 23.7 Å². The van der Waals surface area contributed by atoms with Crippen LogP contribution in [-0.4, -0.2) is 29.4 Å². The Morgan fingerprint density at radius 3 is 2.71 bits per heavy atom. The summed E-state index contributed by atoms with van der Waals surface area (Å²) in [5.41, 5.74) is 5.31. The molecule has 1 fully saturated rings. The molecule has 1 aromatic rings. The van der Waals surface area contributed by atoms with Crippen molar-refractivity contribution in [2.24, 2.45) is 5.73 Å². The Hall–Kier alpha value is -1.49. The van der Waals surface area contributed by atoms with Gasteiger partial charge in [-0.15, -0.1) is 0 Å². The smallest absolute Gasteiger partial charge is 0.257 e. The second-order valence-electron chi connectivity index (χ2n) is 4.50. The predicted molar refractivity (Wildman–Crippen MR) is 59.5 cm³/mol. The van der Waals surface area contributed by atoms with Crippen LogP contribution in [0.15, 0.2) is 18.2 Å². The van der Waals surface area contributed by atoms with Gasteiger partial charge in [0.25, 0.3) is 5.91 Å². The molecule has 1 saturated heterocycles. The monoisotopic (exact) mass is 240 g/mol. The fourth-order valence-electron chi connectivity index (χ4n) is 1.91. The lowest BCUT2D eigenvalue weighted by Gasteiger charge is -2.47. The molecule has 1 aliphatic rings. The summed E-state index contributed by atoms with van der Waals surface area (Å²) < 4.78 is 26.3. The van der Waals surface area contributed by atoms with Gasteiger partial charge in [-0.25, -0.2) is 8.78 Å². The zero-order chi connectivity index (χ0) is 12.6. The zero-order valence-corrected chi connectivity index (χ0v) is 9.54. The minimum atomic E-state index is -0.706. The molecule has 1 aromatic carbocycles. The van der Waals surface area contributed by atoms with E-state index in [2.05, 4.69) is 0 Å². The van der Waals surface area contributed by atoms with E-state index in [4.69, 9.17) is 5.73 Å². The molecule has 0 aliphatic carbocycles. The molecular formula is C12H14F2N2O. The molecule has 2 rings (SSSR count). The second-order valence-corrected chi connectivity index (χ2v) is 4.50. The van der Waals surface area contributed by atoms with Gasteiger partial charge in [0.15, 0.2) is 0 Å². The van der Waals surface area contributed by atoms with Gasteiger partial charge in [-0.1, -0.05) is 6.92 Å². The number of nitrogens with two attached hydrogens (primary N) is 1. The van der Waals surface area contributed by atoms with E-state index in [1.54, 1.807) is 0 Å². The maximum Gasteiger partial charge on any atom is 0.257 e. The van der Waals surface area contributed by atoms with Gasteiger partial charge in [0.2, 0.25) is 0 Å². The van der Waals surface area contributed by atoms with E-state index in [0.717, 1.165) is 24.6 Å². The molecule has 0 spiro atoms. The maximum absolute atomic E-state index is 13.4. The molecule has 2 N–H and O–H groups in total. The van der Waals surface area contributed by atoms with Gasteiger partial charge in [-0.3, -0.25) is 4.79 Å². The largest absolute Gasteiger partial charge is 0.335 e. The van der Waals surface area contributed by atoms with Crippen LogP contribution in [0.25, 0.3) is 0 Å². The quantitative estimate of drug-likeness (QED) is 0.852. The van der Waals surface area contributed by atoms with Gasteiger partial charge in [0, 0.05) is 13.1 Å². The summed E-state index contributed by atoms with van der Waals surface area (Å²) in [5.74, 6) is -1.83. The number of benzene rings is 1. The van der Waals surface area contributed by atoms with Crippen molar-refractivity contribution in [3.8, 4) is 0 Å². The maximum atomic E-state index is 13.4. The summed E-state index contributed by atoms with van der Waals surface area (Å²) in [6.45, 7) is 2.71. The summed E-state index contributed by atoms with van der Waals surface area (Å²) in [4.78, 5) is 13.3. The number of hydrogen-bond acceptors (Lipinski definition) is 2. The number of hydrogen-bond donors (Lipinski definition) is 1. The Bertz CT molecular complexity index is 456. The summed E-state index contributed by atoms with van der Waals surface area (Å²) in [6.07, 6.45) is 0.752. The fourth-order valence-corrected chi connectivity index (χ4v) is 1.91. The van der Waals surface area contributed by atoms with Crippen LogP contribution in [0.5, 0.6) is 0 Å². The number of nitrogens with zero attached hydrogens (tertiary/aromatic N) is 1. The number of carbonyl (C=O) groups is 1. The first-order chi connectivity index (χ1) is 7.95. The van der Waals surface area contributed by atoms with Crippen molar-refractivity contribution < 1.29 is 13.6 Å². The standard InChI is InChI=1S/C12H14F2N2O/c1-2-12(15)6-16(7-12)11(17)9-5-8(13)3-4-10(9)14/h3-5H,2,6-7,15H2,1H3. The lowest BCUT2D eigenvalue weighted by molar-refractivity contribution is 0.0396. The van der Waals surface area contributed by atoms with E-state index in [-0.39, 0.29) is 11.1 Å². The first-order valence-electron chi connectivity index (χ1n) is 5.48. The Morgan fingerprint density at radius 1 is 1.47 bits per heavy atom. The van der Waals surface area contributed by atoms with Crippen molar-refractivity contribution in [2.75, 3.05) is 13.1 Å². The van der Waals surface area contributed by atoms with E-state index in [0.29, 0.717) is 13.1 Å². The van der Waals surface area contributed by atoms with Crippen LogP contribution < -0.4 is 5.73 Å². The van der Waals surface area contributed by atoms with Crippen molar-refractivity contribution in [3.05, 3.63) is 35.4 Å². The molecule has 0 atom stereocenters. The average Bonchev–Trinajstić information content (AvgIpc) is 2.27. The lowest BCUT2D eigenvalue weighted by Crippen LogP contribution is -2.68. The molecule has 0 radical (unpaired) electrons. The summed E-state index contributed by atoms with van der Waals surface area (Å²) in [5, 5.41) is 0. The fraction of sp³-hybridized carbons (Fsp3) is 0.417. The third-order valence-electron chi connectivity index (χ3n) is 3.16. The lowest BCUT2D eigenvalue weighted by atomic mass is 9.88. The molecule has 0 saturated carbocycles. The van der Waals surface area contributed by atoms with E-state index >= 15 is 0 Å². The van der Waals surface area contributed by atoms with E-state index in [1.165, 1.54) is 4.90 Å². The van der Waals surface area contributed by atoms with Crippen molar-refractivity contribution in [2.45, 2.75) is 18.9 Å². The Morgan fingerprint density at radius 2 is 2.12 bits per heavy atom. The van der Waals surface area contributed by atoms with Crippen LogP contribution in [-0.2, 0) is 0 Å². The number of likely N-dealkylation sites (tertiary alicyclic amines) is 1. The minimum Gasteiger partial charge on any atom is -0.335 e. The van der Waals surface area contributed by atoms with Crippen LogP contribution >= 0.6 is 0 Å². The molecule has 1 heterocycles. The Kier molecular flexibility index (Phi) is 2.87. The van der Waals surface area contributed by atoms with Crippen LogP contribution in [0.4, 0.5) is 8.78 Å². The first kappa shape index (κ1) is 12.0. The second kappa shape index (κ2) is 4.07. The van der Waals surface area contributed by atoms with Crippen LogP contribution in [0.3, 0.4) is 0 Å². The summed E-state index contributed by atoms with van der Waals surface area (Å²) in [6, 6.07) is 2.86. The molecule has 92 valence electrons. The van der Waals surface area contributed by atoms with Crippen molar-refractivity contribution in [1.82, 2.24) is 4.90 Å². The van der Waals surface area contributed by atoms with Gasteiger partial charge >= 0.3 is 0 Å². The Labute approximate surface area is 98.2 Å². The third kappa shape index (κ3) is 2.15. The van der Waals surface area contributed by atoms with E-state index in [9.17, 15) is 13.6 Å². The molecule has 3 nitrogen and oxygen atoms in total. The highest BCUT2D eigenvalue weighted by atomic mass is 19.1. The molecule has 0 bridgehead atoms. The average molecular weight is 240 g/mol. The highest BCUT2D eigenvalue weighted by Gasteiger charge is 2.41. The predicted octanol–water partition coefficient (Wildman–Crippen LogP) is 1.53. The van der Waals surface area contributed by atoms with Crippen molar-refractivity contribution in [3.63, 3.8) is 0 Å². The first-order valence-corrected chi connectivity index (χ1v) is 5.48. The van der Waals surface area contributed by atoms with Crippen LogP contribution in [0.2, 0.25) is 0 Å². The summed E-state index contributed by atoms with van der Waals surface area (Å²) in [7, 11) is 0. The zero-order valence-electron chi connectivity index (χ0n) is 9.54. The number of amides is 1. The Balaban J connectivity index is 2.14. The topological polar surface area (TPSA) is 46.3 Å². The van der Waals surface area contributed by atoms with Crippen molar-refractivity contribution in [1.29, 1.82) is 0 Å². The number of carbonyl (C=O) groups excluding carboxylic acids is 1. The van der Waals surface area contributed by atoms with Gasteiger partial charge in [0.05, 0.1) is 11.1 Å².